The van der Waals surface area contributed by atoms with Gasteiger partial charge in [-0.25, -0.2) is 0 Å². The molecule has 0 radical (unpaired) electrons. The zero-order valence-corrected chi connectivity index (χ0v) is 25.4. The van der Waals surface area contributed by atoms with Crippen LogP contribution in [0.2, 0.25) is 0 Å². The van der Waals surface area contributed by atoms with Gasteiger partial charge in [0.2, 0.25) is 0 Å². The Morgan fingerprint density at radius 3 is 1.89 bits per heavy atom. The molecular weight excluding hydrogens is 544 g/mol. The highest BCUT2D eigenvalue weighted by Gasteiger charge is 2.37. The summed E-state index contributed by atoms with van der Waals surface area (Å²) in [6.45, 7) is 4.67. The Bertz CT molecular complexity index is 2370. The average molecular weight is 577 g/mol. The van der Waals surface area contributed by atoms with Gasteiger partial charge in [0.15, 0.2) is 0 Å². The number of anilines is 2. The minimum Gasteiger partial charge on any atom is -0.355 e. The first-order valence-corrected chi connectivity index (χ1v) is 15.7. The average Bonchev–Trinajstić information content (AvgIpc) is 3.54. The van der Waals surface area contributed by atoms with Gasteiger partial charge in [-0.05, 0) is 81.2 Å². The van der Waals surface area contributed by atoms with E-state index in [1.165, 1.54) is 77.3 Å². The number of hydrogen-bond donors (Lipinski definition) is 1. The fourth-order valence-electron chi connectivity index (χ4n) is 7.68. The lowest BCUT2D eigenvalue weighted by Crippen LogP contribution is -2.16. The predicted octanol–water partition coefficient (Wildman–Crippen LogP) is 11.7. The molecule has 7 aromatic carbocycles. The van der Waals surface area contributed by atoms with Gasteiger partial charge >= 0.3 is 0 Å². The summed E-state index contributed by atoms with van der Waals surface area (Å²) in [4.78, 5) is 0. The van der Waals surface area contributed by atoms with Crippen LogP contribution in [0, 0.1) is 0 Å². The van der Waals surface area contributed by atoms with Crippen molar-refractivity contribution in [3.63, 3.8) is 0 Å². The van der Waals surface area contributed by atoms with Crippen molar-refractivity contribution >= 4 is 44.0 Å². The third kappa shape index (κ3) is 3.89. The highest BCUT2D eigenvalue weighted by Crippen LogP contribution is 2.51. The molecule has 0 unspecified atom stereocenters. The van der Waals surface area contributed by atoms with E-state index in [9.17, 15) is 0 Å². The van der Waals surface area contributed by atoms with Gasteiger partial charge in [-0.15, -0.1) is 0 Å². The number of hydrogen-bond acceptors (Lipinski definition) is 1. The summed E-state index contributed by atoms with van der Waals surface area (Å²) in [6.07, 6.45) is 0. The maximum Gasteiger partial charge on any atom is 0.0546 e. The molecule has 0 bridgehead atoms. The molecule has 1 aliphatic carbocycles. The standard InChI is InChI=1S/C43H32N2/c1-43(2)37-18-8-5-14-33(37)36-17-11-19-38(42(36)43)44-31-24-22-28(23-25-31)30-26-29-12-3-4-13-32(29)41(27-30)45-39-20-9-6-15-34(39)35-16-7-10-21-40(35)45/h3-27,44H,1-2H3. The van der Waals surface area contributed by atoms with Crippen LogP contribution < -0.4 is 5.32 Å². The van der Waals surface area contributed by atoms with Crippen molar-refractivity contribution in [3.8, 4) is 27.9 Å². The van der Waals surface area contributed by atoms with Crippen LogP contribution in [0.1, 0.15) is 25.0 Å². The lowest BCUT2D eigenvalue weighted by atomic mass is 9.81. The maximum absolute atomic E-state index is 3.77. The molecule has 0 amide bonds. The summed E-state index contributed by atoms with van der Waals surface area (Å²) in [5, 5.41) is 8.80. The molecule has 214 valence electrons. The largest absolute Gasteiger partial charge is 0.355 e. The Balaban J connectivity index is 1.14. The molecule has 1 heterocycles. The zero-order valence-electron chi connectivity index (χ0n) is 25.4. The minimum absolute atomic E-state index is 0.0657. The number of nitrogens with one attached hydrogen (secondary N) is 1. The number of rotatable bonds is 4. The zero-order chi connectivity index (χ0) is 30.1. The van der Waals surface area contributed by atoms with Gasteiger partial charge in [0, 0.05) is 32.9 Å². The van der Waals surface area contributed by atoms with Gasteiger partial charge in [-0.2, -0.15) is 0 Å². The summed E-state index contributed by atoms with van der Waals surface area (Å²) >= 11 is 0. The highest BCUT2D eigenvalue weighted by molar-refractivity contribution is 6.11. The van der Waals surface area contributed by atoms with Crippen LogP contribution in [-0.2, 0) is 5.41 Å². The maximum atomic E-state index is 3.77. The van der Waals surface area contributed by atoms with Crippen LogP contribution in [0.5, 0.6) is 0 Å². The van der Waals surface area contributed by atoms with Gasteiger partial charge < -0.3 is 9.88 Å². The normalized spacial score (nSPS) is 13.3. The van der Waals surface area contributed by atoms with E-state index in [0.29, 0.717) is 0 Å². The van der Waals surface area contributed by atoms with E-state index in [4.69, 9.17) is 0 Å². The molecule has 0 aliphatic heterocycles. The molecule has 0 saturated heterocycles. The number of para-hydroxylation sites is 2. The van der Waals surface area contributed by atoms with Gasteiger partial charge in [0.25, 0.3) is 0 Å². The summed E-state index contributed by atoms with van der Waals surface area (Å²) in [5.74, 6) is 0. The second-order valence-corrected chi connectivity index (χ2v) is 12.7. The smallest absolute Gasteiger partial charge is 0.0546 e. The molecule has 2 nitrogen and oxygen atoms in total. The van der Waals surface area contributed by atoms with E-state index >= 15 is 0 Å². The van der Waals surface area contributed by atoms with Crippen molar-refractivity contribution < 1.29 is 0 Å². The first-order chi connectivity index (χ1) is 22.1. The van der Waals surface area contributed by atoms with E-state index in [2.05, 4.69) is 175 Å². The molecule has 1 aliphatic rings. The molecule has 1 N–H and O–H groups in total. The Morgan fingerprint density at radius 1 is 0.511 bits per heavy atom. The third-order valence-corrected chi connectivity index (χ3v) is 9.74. The summed E-state index contributed by atoms with van der Waals surface area (Å²) in [6, 6.07) is 55.2. The molecule has 0 spiro atoms. The lowest BCUT2D eigenvalue weighted by Gasteiger charge is -2.24. The van der Waals surface area contributed by atoms with Crippen LogP contribution in [-0.4, -0.2) is 4.57 Å². The van der Waals surface area contributed by atoms with E-state index < -0.39 is 0 Å². The molecular formula is C43H32N2. The molecule has 0 atom stereocenters. The Kier molecular flexibility index (Phi) is 5.58. The second kappa shape index (κ2) is 9.70. The van der Waals surface area contributed by atoms with E-state index in [0.717, 1.165) is 5.69 Å². The van der Waals surface area contributed by atoms with E-state index in [1.54, 1.807) is 0 Å². The molecule has 2 heteroatoms. The van der Waals surface area contributed by atoms with Crippen molar-refractivity contribution in [1.82, 2.24) is 4.57 Å². The molecule has 9 rings (SSSR count). The number of benzene rings is 7. The van der Waals surface area contributed by atoms with Crippen LogP contribution in [0.3, 0.4) is 0 Å². The number of aromatic nitrogens is 1. The van der Waals surface area contributed by atoms with Crippen molar-refractivity contribution in [3.05, 3.63) is 163 Å². The molecule has 45 heavy (non-hydrogen) atoms. The van der Waals surface area contributed by atoms with Crippen molar-refractivity contribution in [2.75, 3.05) is 5.32 Å². The second-order valence-electron chi connectivity index (χ2n) is 12.7. The van der Waals surface area contributed by atoms with Crippen molar-refractivity contribution in [1.29, 1.82) is 0 Å². The lowest BCUT2D eigenvalue weighted by molar-refractivity contribution is 0.662. The van der Waals surface area contributed by atoms with Crippen LogP contribution in [0.4, 0.5) is 11.4 Å². The molecule has 0 fully saturated rings. The fourth-order valence-corrected chi connectivity index (χ4v) is 7.68. The van der Waals surface area contributed by atoms with Crippen LogP contribution in [0.15, 0.2) is 152 Å². The summed E-state index contributed by atoms with van der Waals surface area (Å²) in [7, 11) is 0. The van der Waals surface area contributed by atoms with Crippen molar-refractivity contribution in [2.45, 2.75) is 19.3 Å². The minimum atomic E-state index is -0.0657. The molecule has 8 aromatic rings. The van der Waals surface area contributed by atoms with Gasteiger partial charge in [0.1, 0.15) is 0 Å². The predicted molar refractivity (Wildman–Crippen MR) is 191 cm³/mol. The quantitative estimate of drug-likeness (QED) is 0.220. The topological polar surface area (TPSA) is 17.0 Å². The Labute approximate surface area is 263 Å². The Morgan fingerprint density at radius 2 is 1.13 bits per heavy atom. The fraction of sp³-hybridized carbons (Fsp3) is 0.0698. The highest BCUT2D eigenvalue weighted by atomic mass is 15.0. The van der Waals surface area contributed by atoms with Gasteiger partial charge in [0.05, 0.1) is 16.7 Å². The van der Waals surface area contributed by atoms with Crippen LogP contribution in [0.25, 0.3) is 60.5 Å². The first kappa shape index (κ1) is 25.9. The number of nitrogens with zero attached hydrogens (tertiary/aromatic N) is 1. The van der Waals surface area contributed by atoms with E-state index in [-0.39, 0.29) is 5.41 Å². The Hall–Kier alpha value is -5.60. The monoisotopic (exact) mass is 576 g/mol. The molecule has 1 aromatic heterocycles. The van der Waals surface area contributed by atoms with Gasteiger partial charge in [-0.3, -0.25) is 0 Å². The number of fused-ring (bicyclic) bond motifs is 7. The third-order valence-electron chi connectivity index (χ3n) is 9.74. The van der Waals surface area contributed by atoms with E-state index in [1.807, 2.05) is 0 Å². The first-order valence-electron chi connectivity index (χ1n) is 15.7. The summed E-state index contributed by atoms with van der Waals surface area (Å²) < 4.78 is 2.43. The summed E-state index contributed by atoms with van der Waals surface area (Å²) in [5.41, 5.74) is 13.6. The van der Waals surface area contributed by atoms with Gasteiger partial charge in [-0.1, -0.05) is 123 Å². The molecule has 0 saturated carbocycles. The van der Waals surface area contributed by atoms with Crippen LogP contribution >= 0.6 is 0 Å². The van der Waals surface area contributed by atoms with Crippen molar-refractivity contribution in [2.24, 2.45) is 0 Å². The SMILES string of the molecule is CC1(C)c2ccccc2-c2cccc(Nc3ccc(-c4cc(-n5c6ccccc6c6ccccc65)c5ccccc5c4)cc3)c21.